The van der Waals surface area contributed by atoms with Crippen LogP contribution in [0.3, 0.4) is 0 Å². The smallest absolute Gasteiger partial charge is 0.270 e. The molecule has 3 N–H and O–H groups in total. The van der Waals surface area contributed by atoms with Crippen LogP contribution in [0.4, 0.5) is 5.69 Å². The summed E-state index contributed by atoms with van der Waals surface area (Å²) in [5.41, 5.74) is -0.263. The number of benzene rings is 1. The zero-order chi connectivity index (χ0) is 19.9. The van der Waals surface area contributed by atoms with E-state index in [1.807, 2.05) is 11.8 Å². The van der Waals surface area contributed by atoms with E-state index >= 15 is 0 Å². The number of guanidine groups is 1. The number of rotatable bonds is 8. The van der Waals surface area contributed by atoms with Crippen molar-refractivity contribution < 1.29 is 13.3 Å². The molecule has 0 saturated heterocycles. The van der Waals surface area contributed by atoms with Gasteiger partial charge in [0.2, 0.25) is 10.0 Å². The molecule has 2 atom stereocenters. The SMILES string of the molecule is CN=C(NCCNS(=O)(=O)c1cccc([N+](=O)[O-])c1)NC1CCC(SC)C1.I. The van der Waals surface area contributed by atoms with Crippen LogP contribution < -0.4 is 15.4 Å². The number of hydrogen-bond donors (Lipinski definition) is 3. The number of nitro groups is 1. The predicted octanol–water partition coefficient (Wildman–Crippen LogP) is 1.94. The monoisotopic (exact) mass is 543 g/mol. The highest BCUT2D eigenvalue weighted by Gasteiger charge is 2.24. The molecule has 0 spiro atoms. The second-order valence-electron chi connectivity index (χ2n) is 6.16. The Morgan fingerprint density at radius 2 is 2.11 bits per heavy atom. The summed E-state index contributed by atoms with van der Waals surface area (Å²) in [5, 5.41) is 17.9. The van der Waals surface area contributed by atoms with E-state index in [0.29, 0.717) is 23.8 Å². The van der Waals surface area contributed by atoms with Crippen molar-refractivity contribution >= 4 is 57.4 Å². The predicted molar refractivity (Wildman–Crippen MR) is 123 cm³/mol. The lowest BCUT2D eigenvalue weighted by Gasteiger charge is -2.17. The van der Waals surface area contributed by atoms with Gasteiger partial charge in [0, 0.05) is 43.6 Å². The Morgan fingerprint density at radius 3 is 2.71 bits per heavy atom. The number of halogens is 1. The Balaban J connectivity index is 0.00000392. The van der Waals surface area contributed by atoms with E-state index < -0.39 is 14.9 Å². The lowest BCUT2D eigenvalue weighted by Crippen LogP contribution is -2.45. The van der Waals surface area contributed by atoms with E-state index in [4.69, 9.17) is 0 Å². The second kappa shape index (κ2) is 11.8. The summed E-state index contributed by atoms with van der Waals surface area (Å²) in [5.74, 6) is 0.635. The van der Waals surface area contributed by atoms with Crippen molar-refractivity contribution in [2.45, 2.75) is 35.4 Å². The topological polar surface area (TPSA) is 126 Å². The minimum absolute atomic E-state index is 0. The van der Waals surface area contributed by atoms with Crippen molar-refractivity contribution in [3.8, 4) is 0 Å². The number of sulfonamides is 1. The standard InChI is InChI=1S/C16H25N5O4S2.HI/c1-17-16(20-12-6-7-14(10-12)26-2)18-8-9-19-27(24,25)15-5-3-4-13(11-15)21(22)23;/h3-5,11-12,14,19H,6-10H2,1-2H3,(H2,17,18,20);1H. The van der Waals surface area contributed by atoms with Crippen LogP contribution in [0.5, 0.6) is 0 Å². The fourth-order valence-corrected chi connectivity index (χ4v) is 4.75. The number of hydrogen-bond acceptors (Lipinski definition) is 6. The van der Waals surface area contributed by atoms with Crippen LogP contribution in [0.2, 0.25) is 0 Å². The molecule has 28 heavy (non-hydrogen) atoms. The Hall–Kier alpha value is -1.12. The molecule has 1 aliphatic rings. The number of nitrogens with zero attached hydrogens (tertiary/aromatic N) is 2. The van der Waals surface area contributed by atoms with Gasteiger partial charge in [0.05, 0.1) is 9.82 Å². The summed E-state index contributed by atoms with van der Waals surface area (Å²) >= 11 is 1.88. The Kier molecular flexibility index (Phi) is 10.5. The van der Waals surface area contributed by atoms with Gasteiger partial charge < -0.3 is 10.6 Å². The van der Waals surface area contributed by atoms with Crippen LogP contribution in [0.15, 0.2) is 34.2 Å². The molecule has 1 aromatic rings. The zero-order valence-electron chi connectivity index (χ0n) is 15.8. The fraction of sp³-hybridized carbons (Fsp3) is 0.562. The van der Waals surface area contributed by atoms with Gasteiger partial charge in [0.15, 0.2) is 5.96 Å². The van der Waals surface area contributed by atoms with E-state index in [0.717, 1.165) is 18.9 Å². The maximum absolute atomic E-state index is 12.3. The van der Waals surface area contributed by atoms with Crippen LogP contribution in [-0.4, -0.2) is 57.0 Å². The summed E-state index contributed by atoms with van der Waals surface area (Å²) in [7, 11) is -2.14. The summed E-state index contributed by atoms with van der Waals surface area (Å²) in [6.45, 7) is 0.469. The van der Waals surface area contributed by atoms with Gasteiger partial charge in [-0.25, -0.2) is 13.1 Å². The summed E-state index contributed by atoms with van der Waals surface area (Å²) in [6.07, 6.45) is 5.47. The molecule has 1 fully saturated rings. The highest BCUT2D eigenvalue weighted by atomic mass is 127. The van der Waals surface area contributed by atoms with Gasteiger partial charge in [-0.2, -0.15) is 11.8 Å². The van der Waals surface area contributed by atoms with Gasteiger partial charge in [-0.3, -0.25) is 15.1 Å². The first-order valence-corrected chi connectivity index (χ1v) is 11.4. The van der Waals surface area contributed by atoms with E-state index in [2.05, 4.69) is 26.6 Å². The maximum Gasteiger partial charge on any atom is 0.270 e. The van der Waals surface area contributed by atoms with Crippen LogP contribution in [-0.2, 0) is 10.0 Å². The number of thioether (sulfide) groups is 1. The lowest BCUT2D eigenvalue weighted by molar-refractivity contribution is -0.385. The Morgan fingerprint density at radius 1 is 1.36 bits per heavy atom. The molecular formula is C16H26IN5O4S2. The molecule has 0 radical (unpaired) electrons. The summed E-state index contributed by atoms with van der Waals surface area (Å²) in [6, 6.07) is 5.33. The third-order valence-electron chi connectivity index (χ3n) is 4.33. The molecule has 0 amide bonds. The largest absolute Gasteiger partial charge is 0.355 e. The molecule has 2 rings (SSSR count). The first-order chi connectivity index (χ1) is 12.9. The highest BCUT2D eigenvalue weighted by molar-refractivity contribution is 14.0. The average molecular weight is 543 g/mol. The van der Waals surface area contributed by atoms with Crippen LogP contribution in [0, 0.1) is 10.1 Å². The molecule has 1 saturated carbocycles. The quantitative estimate of drug-likeness (QED) is 0.114. The highest BCUT2D eigenvalue weighted by Crippen LogP contribution is 2.28. The molecule has 9 nitrogen and oxygen atoms in total. The van der Waals surface area contributed by atoms with Gasteiger partial charge in [-0.1, -0.05) is 6.07 Å². The van der Waals surface area contributed by atoms with E-state index in [1.165, 1.54) is 24.6 Å². The third kappa shape index (κ3) is 7.37. The average Bonchev–Trinajstić information content (AvgIpc) is 3.12. The molecule has 1 aliphatic carbocycles. The third-order valence-corrected chi connectivity index (χ3v) is 6.88. The van der Waals surface area contributed by atoms with Crippen LogP contribution in [0.25, 0.3) is 0 Å². The minimum atomic E-state index is -3.81. The van der Waals surface area contributed by atoms with E-state index in [-0.39, 0.29) is 41.1 Å². The van der Waals surface area contributed by atoms with E-state index in [1.54, 1.807) is 7.05 Å². The van der Waals surface area contributed by atoms with Crippen molar-refractivity contribution in [2.24, 2.45) is 4.99 Å². The van der Waals surface area contributed by atoms with Crippen LogP contribution >= 0.6 is 35.7 Å². The lowest BCUT2D eigenvalue weighted by atomic mass is 10.2. The second-order valence-corrected chi connectivity index (χ2v) is 9.07. The first kappa shape index (κ1) is 24.9. The Labute approximate surface area is 186 Å². The number of non-ortho nitro benzene ring substituents is 1. The normalized spacial score (nSPS) is 19.7. The first-order valence-electron chi connectivity index (χ1n) is 8.60. The molecule has 158 valence electrons. The Bertz CT molecular complexity index is 791. The van der Waals surface area contributed by atoms with Crippen LogP contribution in [0.1, 0.15) is 19.3 Å². The maximum atomic E-state index is 12.3. The molecule has 1 aromatic carbocycles. The van der Waals surface area contributed by atoms with Gasteiger partial charge in [-0.05, 0) is 31.6 Å². The fourth-order valence-electron chi connectivity index (χ4n) is 2.89. The van der Waals surface area contributed by atoms with Crippen molar-refractivity contribution in [1.82, 2.24) is 15.4 Å². The molecule has 0 heterocycles. The van der Waals surface area contributed by atoms with Gasteiger partial charge >= 0.3 is 0 Å². The summed E-state index contributed by atoms with van der Waals surface area (Å²) in [4.78, 5) is 14.2. The molecule has 12 heteroatoms. The molecule has 2 unspecified atom stereocenters. The van der Waals surface area contributed by atoms with Crippen molar-refractivity contribution in [3.63, 3.8) is 0 Å². The molecule has 0 bridgehead atoms. The minimum Gasteiger partial charge on any atom is -0.355 e. The summed E-state index contributed by atoms with van der Waals surface area (Å²) < 4.78 is 27.0. The van der Waals surface area contributed by atoms with E-state index in [9.17, 15) is 18.5 Å². The van der Waals surface area contributed by atoms with Crippen molar-refractivity contribution in [1.29, 1.82) is 0 Å². The van der Waals surface area contributed by atoms with Crippen molar-refractivity contribution in [2.75, 3.05) is 26.4 Å². The van der Waals surface area contributed by atoms with Gasteiger partial charge in [-0.15, -0.1) is 24.0 Å². The van der Waals surface area contributed by atoms with Crippen molar-refractivity contribution in [3.05, 3.63) is 34.4 Å². The van der Waals surface area contributed by atoms with Gasteiger partial charge in [0.25, 0.3) is 5.69 Å². The van der Waals surface area contributed by atoms with Gasteiger partial charge in [0.1, 0.15) is 0 Å². The number of aliphatic imine (C=N–C) groups is 1. The molecular weight excluding hydrogens is 517 g/mol. The number of nitro benzene ring substituents is 1. The number of nitrogens with one attached hydrogen (secondary N) is 3. The molecule has 0 aromatic heterocycles. The molecule has 0 aliphatic heterocycles. The zero-order valence-corrected chi connectivity index (χ0v) is 19.7.